The molecule has 1 rings (SSSR count). The van der Waals surface area contributed by atoms with Crippen molar-refractivity contribution in [3.8, 4) is 18.1 Å². The van der Waals surface area contributed by atoms with Gasteiger partial charge in [-0.25, -0.2) is 0 Å². The average molecular weight is 181 g/mol. The van der Waals surface area contributed by atoms with Crippen LogP contribution in [0.25, 0.3) is 0 Å². The maximum Gasteiger partial charge on any atom is 0.148 e. The van der Waals surface area contributed by atoms with Crippen LogP contribution >= 0.6 is 11.6 Å². The van der Waals surface area contributed by atoms with Crippen molar-refractivity contribution >= 4 is 11.6 Å². The molecule has 0 aliphatic carbocycles. The van der Waals surface area contributed by atoms with Crippen molar-refractivity contribution in [1.82, 2.24) is 0 Å². The van der Waals surface area contributed by atoms with Crippen LogP contribution in [-0.4, -0.2) is 6.61 Å². The molecular weight excluding hydrogens is 172 g/mol. The SMILES string of the molecule is C#CCOc1ccc(Cl)c(C)c1. The molecule has 62 valence electrons. The number of rotatable bonds is 2. The third-order valence-electron chi connectivity index (χ3n) is 1.45. The van der Waals surface area contributed by atoms with E-state index in [0.717, 1.165) is 16.3 Å². The summed E-state index contributed by atoms with van der Waals surface area (Å²) in [6.07, 6.45) is 5.04. The molecule has 12 heavy (non-hydrogen) atoms. The molecule has 0 atom stereocenters. The van der Waals surface area contributed by atoms with E-state index in [1.54, 1.807) is 12.1 Å². The number of hydrogen-bond donors (Lipinski definition) is 0. The number of ether oxygens (including phenoxy) is 1. The van der Waals surface area contributed by atoms with Crippen molar-refractivity contribution in [3.05, 3.63) is 28.8 Å². The van der Waals surface area contributed by atoms with Gasteiger partial charge in [0.05, 0.1) is 0 Å². The quantitative estimate of drug-likeness (QED) is 0.636. The second-order valence-corrected chi connectivity index (χ2v) is 2.81. The highest BCUT2D eigenvalue weighted by Crippen LogP contribution is 2.20. The van der Waals surface area contributed by atoms with Gasteiger partial charge in [0.15, 0.2) is 0 Å². The summed E-state index contributed by atoms with van der Waals surface area (Å²) >= 11 is 5.82. The Morgan fingerprint density at radius 2 is 2.33 bits per heavy atom. The molecule has 0 unspecified atom stereocenters. The Morgan fingerprint density at radius 3 is 2.92 bits per heavy atom. The van der Waals surface area contributed by atoms with Crippen LogP contribution in [0.15, 0.2) is 18.2 Å². The minimum absolute atomic E-state index is 0.293. The Morgan fingerprint density at radius 1 is 1.58 bits per heavy atom. The van der Waals surface area contributed by atoms with Crippen LogP contribution in [0, 0.1) is 19.3 Å². The molecule has 0 aliphatic heterocycles. The lowest BCUT2D eigenvalue weighted by atomic mass is 10.2. The summed E-state index contributed by atoms with van der Waals surface area (Å²) in [5.41, 5.74) is 0.992. The second-order valence-electron chi connectivity index (χ2n) is 2.40. The highest BCUT2D eigenvalue weighted by Gasteiger charge is 1.96. The number of terminal acetylenes is 1. The monoisotopic (exact) mass is 180 g/mol. The standard InChI is InChI=1S/C10H9ClO/c1-3-6-12-9-4-5-10(11)8(2)7-9/h1,4-5,7H,6H2,2H3. The zero-order valence-corrected chi connectivity index (χ0v) is 7.56. The number of benzene rings is 1. The van der Waals surface area contributed by atoms with Crippen LogP contribution in [0.3, 0.4) is 0 Å². The van der Waals surface area contributed by atoms with Crippen molar-refractivity contribution in [2.45, 2.75) is 6.92 Å². The van der Waals surface area contributed by atoms with Gasteiger partial charge in [0.2, 0.25) is 0 Å². The van der Waals surface area contributed by atoms with Crippen LogP contribution in [0.4, 0.5) is 0 Å². The smallest absolute Gasteiger partial charge is 0.148 e. The molecule has 0 spiro atoms. The lowest BCUT2D eigenvalue weighted by Gasteiger charge is -2.03. The maximum absolute atomic E-state index is 5.82. The first-order chi connectivity index (χ1) is 5.74. The van der Waals surface area contributed by atoms with Crippen LogP contribution in [0.1, 0.15) is 5.56 Å². The molecule has 0 N–H and O–H groups in total. The molecule has 2 heteroatoms. The van der Waals surface area contributed by atoms with Crippen LogP contribution in [0.5, 0.6) is 5.75 Å². The Labute approximate surface area is 77.3 Å². The number of halogens is 1. The van der Waals surface area contributed by atoms with Gasteiger partial charge in [0, 0.05) is 5.02 Å². The third kappa shape index (κ3) is 2.18. The van der Waals surface area contributed by atoms with Gasteiger partial charge in [-0.3, -0.25) is 0 Å². The summed E-state index contributed by atoms with van der Waals surface area (Å²) in [6.45, 7) is 2.21. The molecule has 1 aromatic carbocycles. The van der Waals surface area contributed by atoms with E-state index in [1.165, 1.54) is 0 Å². The van der Waals surface area contributed by atoms with Crippen molar-refractivity contribution in [2.75, 3.05) is 6.61 Å². The van der Waals surface area contributed by atoms with Crippen LogP contribution in [0.2, 0.25) is 5.02 Å². The molecule has 0 saturated carbocycles. The number of hydrogen-bond acceptors (Lipinski definition) is 1. The van der Waals surface area contributed by atoms with E-state index >= 15 is 0 Å². The van der Waals surface area contributed by atoms with Gasteiger partial charge in [-0.15, -0.1) is 6.42 Å². The molecule has 0 radical (unpaired) electrons. The molecule has 1 nitrogen and oxygen atoms in total. The molecular formula is C10H9ClO. The van der Waals surface area contributed by atoms with Crippen molar-refractivity contribution in [1.29, 1.82) is 0 Å². The fraction of sp³-hybridized carbons (Fsp3) is 0.200. The van der Waals surface area contributed by atoms with Crippen molar-refractivity contribution in [2.24, 2.45) is 0 Å². The fourth-order valence-electron chi connectivity index (χ4n) is 0.832. The molecule has 0 aliphatic rings. The van der Waals surface area contributed by atoms with E-state index in [1.807, 2.05) is 13.0 Å². The summed E-state index contributed by atoms with van der Waals surface area (Å²) < 4.78 is 5.20. The van der Waals surface area contributed by atoms with Crippen molar-refractivity contribution < 1.29 is 4.74 Å². The summed E-state index contributed by atoms with van der Waals surface area (Å²) in [5.74, 6) is 3.15. The zero-order valence-electron chi connectivity index (χ0n) is 6.80. The Bertz CT molecular complexity index is 312. The van der Waals surface area contributed by atoms with Gasteiger partial charge in [-0.1, -0.05) is 17.5 Å². The Balaban J connectivity index is 2.77. The molecule has 0 bridgehead atoms. The highest BCUT2D eigenvalue weighted by molar-refractivity contribution is 6.31. The maximum atomic E-state index is 5.82. The van der Waals surface area contributed by atoms with E-state index in [-0.39, 0.29) is 0 Å². The average Bonchev–Trinajstić information content (AvgIpc) is 2.07. The van der Waals surface area contributed by atoms with Crippen LogP contribution < -0.4 is 4.74 Å². The zero-order chi connectivity index (χ0) is 8.97. The summed E-state index contributed by atoms with van der Waals surface area (Å²) in [6, 6.07) is 5.45. The van der Waals surface area contributed by atoms with E-state index in [2.05, 4.69) is 5.92 Å². The third-order valence-corrected chi connectivity index (χ3v) is 1.88. The van der Waals surface area contributed by atoms with Gasteiger partial charge in [0.1, 0.15) is 12.4 Å². The van der Waals surface area contributed by atoms with E-state index in [0.29, 0.717) is 6.61 Å². The van der Waals surface area contributed by atoms with E-state index < -0.39 is 0 Å². The number of aryl methyl sites for hydroxylation is 1. The lowest BCUT2D eigenvalue weighted by Crippen LogP contribution is -1.93. The first-order valence-corrected chi connectivity index (χ1v) is 3.94. The topological polar surface area (TPSA) is 9.23 Å². The highest BCUT2D eigenvalue weighted by atomic mass is 35.5. The van der Waals surface area contributed by atoms with E-state index in [4.69, 9.17) is 22.8 Å². The predicted molar refractivity (Wildman–Crippen MR) is 50.5 cm³/mol. The first-order valence-electron chi connectivity index (χ1n) is 3.56. The van der Waals surface area contributed by atoms with Gasteiger partial charge in [0.25, 0.3) is 0 Å². The molecule has 0 amide bonds. The summed E-state index contributed by atoms with van der Waals surface area (Å²) in [7, 11) is 0. The van der Waals surface area contributed by atoms with Crippen LogP contribution in [-0.2, 0) is 0 Å². The van der Waals surface area contributed by atoms with Gasteiger partial charge in [-0.2, -0.15) is 0 Å². The van der Waals surface area contributed by atoms with E-state index in [9.17, 15) is 0 Å². The van der Waals surface area contributed by atoms with Gasteiger partial charge >= 0.3 is 0 Å². The predicted octanol–water partition coefficient (Wildman–Crippen LogP) is 2.66. The lowest BCUT2D eigenvalue weighted by molar-refractivity contribution is 0.370. The molecule has 0 heterocycles. The molecule has 0 fully saturated rings. The molecule has 0 aromatic heterocycles. The summed E-state index contributed by atoms with van der Waals surface area (Å²) in [5, 5.41) is 0.739. The van der Waals surface area contributed by atoms with Crippen molar-refractivity contribution in [3.63, 3.8) is 0 Å². The largest absolute Gasteiger partial charge is 0.481 e. The summed E-state index contributed by atoms with van der Waals surface area (Å²) in [4.78, 5) is 0. The fourth-order valence-corrected chi connectivity index (χ4v) is 0.950. The minimum atomic E-state index is 0.293. The normalized spacial score (nSPS) is 9.08. The molecule has 1 aromatic rings. The molecule has 0 saturated heterocycles. The Hall–Kier alpha value is -1.13. The van der Waals surface area contributed by atoms with Gasteiger partial charge in [-0.05, 0) is 30.7 Å². The minimum Gasteiger partial charge on any atom is -0.481 e. The first kappa shape index (κ1) is 8.96. The second kappa shape index (κ2) is 4.04. The Kier molecular flexibility index (Phi) is 3.01. The van der Waals surface area contributed by atoms with Gasteiger partial charge < -0.3 is 4.74 Å².